The minimum atomic E-state index is -0.192. The number of rotatable bonds is 21. The fourth-order valence-electron chi connectivity index (χ4n) is 4.87. The lowest BCUT2D eigenvalue weighted by molar-refractivity contribution is -0.903. The first kappa shape index (κ1) is 30.9. The summed E-state index contributed by atoms with van der Waals surface area (Å²) in [5.74, 6) is 0.644. The number of esters is 1. The van der Waals surface area contributed by atoms with Crippen molar-refractivity contribution < 1.29 is 18.8 Å². The zero-order valence-electron chi connectivity index (χ0n) is 23.9. The highest BCUT2D eigenvalue weighted by Crippen LogP contribution is 2.21. The number of carbonyl (C=O) groups excluding carboxylic acids is 1. The highest BCUT2D eigenvalue weighted by Gasteiger charge is 2.16. The third-order valence-electron chi connectivity index (χ3n) is 7.05. The molecular weight excluding hydrogens is 458 g/mol. The summed E-state index contributed by atoms with van der Waals surface area (Å²) < 4.78 is 12.1. The van der Waals surface area contributed by atoms with Gasteiger partial charge in [-0.15, -0.1) is 0 Å². The van der Waals surface area contributed by atoms with Gasteiger partial charge in [0.05, 0.1) is 27.1 Å². The molecule has 0 aromatic heterocycles. The van der Waals surface area contributed by atoms with Crippen LogP contribution in [0.1, 0.15) is 102 Å². The van der Waals surface area contributed by atoms with E-state index in [0.29, 0.717) is 6.42 Å². The molecule has 0 saturated heterocycles. The van der Waals surface area contributed by atoms with Gasteiger partial charge in [-0.2, -0.15) is 0 Å². The molecule has 2 aromatic carbocycles. The highest BCUT2D eigenvalue weighted by atomic mass is 16.7. The molecule has 0 N–H and O–H groups in total. The van der Waals surface area contributed by atoms with Gasteiger partial charge in [-0.05, 0) is 24.5 Å². The summed E-state index contributed by atoms with van der Waals surface area (Å²) in [6.45, 7) is 4.13. The molecule has 206 valence electrons. The van der Waals surface area contributed by atoms with E-state index in [9.17, 15) is 4.79 Å². The van der Waals surface area contributed by atoms with E-state index in [-0.39, 0.29) is 12.8 Å². The van der Waals surface area contributed by atoms with Gasteiger partial charge in [0.15, 0.2) is 0 Å². The van der Waals surface area contributed by atoms with Gasteiger partial charge in [0.1, 0.15) is 12.3 Å². The summed E-state index contributed by atoms with van der Waals surface area (Å²) >= 11 is 0. The van der Waals surface area contributed by atoms with Crippen LogP contribution >= 0.6 is 0 Å². The molecule has 4 heteroatoms. The van der Waals surface area contributed by atoms with Crippen molar-refractivity contribution in [3.8, 4) is 5.75 Å². The van der Waals surface area contributed by atoms with Crippen molar-refractivity contribution in [2.45, 2.75) is 103 Å². The van der Waals surface area contributed by atoms with Crippen LogP contribution in [-0.2, 0) is 22.5 Å². The van der Waals surface area contributed by atoms with Crippen molar-refractivity contribution in [2.75, 3.05) is 27.4 Å². The second-order valence-corrected chi connectivity index (χ2v) is 11.1. The summed E-state index contributed by atoms with van der Waals surface area (Å²) in [7, 11) is 4.40. The lowest BCUT2D eigenvalue weighted by Crippen LogP contribution is -2.39. The second-order valence-electron chi connectivity index (χ2n) is 11.1. The zero-order chi connectivity index (χ0) is 26.6. The largest absolute Gasteiger partial charge is 0.457 e. The Balaban J connectivity index is 1.55. The fraction of sp³-hybridized carbons (Fsp3) is 0.606. The molecule has 0 aliphatic carbocycles. The number of carbonyl (C=O) groups is 1. The van der Waals surface area contributed by atoms with Gasteiger partial charge < -0.3 is 14.0 Å². The van der Waals surface area contributed by atoms with Crippen LogP contribution in [0, 0.1) is 0 Å². The SMILES string of the molecule is CCCCCCCCCCCCCc1ccccc1OCOC(=O)CCC[N+](C)(C)Cc1ccccc1. The van der Waals surface area contributed by atoms with Crippen molar-refractivity contribution >= 4 is 5.97 Å². The molecule has 2 rings (SSSR count). The van der Waals surface area contributed by atoms with Crippen molar-refractivity contribution in [1.82, 2.24) is 0 Å². The third-order valence-corrected chi connectivity index (χ3v) is 7.05. The third kappa shape index (κ3) is 14.9. The molecule has 2 aromatic rings. The Morgan fingerprint density at radius 2 is 1.32 bits per heavy atom. The van der Waals surface area contributed by atoms with Crippen LogP contribution in [-0.4, -0.2) is 37.9 Å². The monoisotopic (exact) mass is 510 g/mol. The Morgan fingerprint density at radius 1 is 0.730 bits per heavy atom. The molecule has 0 atom stereocenters. The Morgan fingerprint density at radius 3 is 2.00 bits per heavy atom. The Bertz CT molecular complexity index is 850. The molecule has 0 saturated carbocycles. The lowest BCUT2D eigenvalue weighted by Gasteiger charge is -2.29. The van der Waals surface area contributed by atoms with Gasteiger partial charge in [-0.25, -0.2) is 0 Å². The number of benzene rings is 2. The Hall–Kier alpha value is -2.33. The van der Waals surface area contributed by atoms with E-state index < -0.39 is 0 Å². The zero-order valence-corrected chi connectivity index (χ0v) is 23.9. The molecular formula is C33H52NO3+. The number of ether oxygens (including phenoxy) is 2. The molecule has 0 aliphatic rings. The number of aryl methyl sites for hydroxylation is 1. The van der Waals surface area contributed by atoms with Gasteiger partial charge in [-0.1, -0.05) is 120 Å². The fourth-order valence-corrected chi connectivity index (χ4v) is 4.87. The number of quaternary nitrogens is 1. The summed E-state index contributed by atoms with van der Waals surface area (Å²) in [5.41, 5.74) is 2.52. The van der Waals surface area contributed by atoms with Gasteiger partial charge in [0.2, 0.25) is 6.79 Å². The van der Waals surface area contributed by atoms with Crippen LogP contribution in [0.3, 0.4) is 0 Å². The van der Waals surface area contributed by atoms with Gasteiger partial charge in [-0.3, -0.25) is 4.79 Å². The second kappa shape index (κ2) is 18.8. The number of nitrogens with zero attached hydrogens (tertiary/aromatic N) is 1. The van der Waals surface area contributed by atoms with Gasteiger partial charge >= 0.3 is 5.97 Å². The standard InChI is InChI=1S/C33H52NO3/c1-4-5-6-7-8-9-10-11-12-13-17-23-31-24-18-19-25-32(31)36-29-37-33(35)26-20-27-34(2,3)28-30-21-15-14-16-22-30/h14-16,18-19,21-22,24-25H,4-13,17,20,23,26-29H2,1-3H3/q+1. The van der Waals surface area contributed by atoms with E-state index in [0.717, 1.165) is 36.2 Å². The van der Waals surface area contributed by atoms with E-state index in [1.807, 2.05) is 18.2 Å². The summed E-state index contributed by atoms with van der Waals surface area (Å²) in [5, 5.41) is 0. The normalized spacial score (nSPS) is 11.4. The first-order valence-electron chi connectivity index (χ1n) is 14.7. The molecule has 0 aliphatic heterocycles. The average Bonchev–Trinajstić information content (AvgIpc) is 2.88. The van der Waals surface area contributed by atoms with Gasteiger partial charge in [0.25, 0.3) is 0 Å². The summed E-state index contributed by atoms with van der Waals surface area (Å²) in [4.78, 5) is 12.2. The van der Waals surface area contributed by atoms with E-state index in [2.05, 4.69) is 57.4 Å². The maximum Gasteiger partial charge on any atom is 0.308 e. The first-order chi connectivity index (χ1) is 18.0. The molecule has 0 spiro atoms. The van der Waals surface area contributed by atoms with Crippen LogP contribution in [0.15, 0.2) is 54.6 Å². The molecule has 0 heterocycles. The first-order valence-corrected chi connectivity index (χ1v) is 14.7. The number of para-hydroxylation sites is 1. The molecule has 0 fully saturated rings. The van der Waals surface area contributed by atoms with Gasteiger partial charge in [0, 0.05) is 12.0 Å². The van der Waals surface area contributed by atoms with E-state index in [1.165, 1.54) is 81.8 Å². The number of hydrogen-bond donors (Lipinski definition) is 0. The molecule has 4 nitrogen and oxygen atoms in total. The van der Waals surface area contributed by atoms with E-state index >= 15 is 0 Å². The highest BCUT2D eigenvalue weighted by molar-refractivity contribution is 5.69. The number of unbranched alkanes of at least 4 members (excludes halogenated alkanes) is 10. The van der Waals surface area contributed by atoms with E-state index in [1.54, 1.807) is 0 Å². The molecule has 0 radical (unpaired) electrons. The minimum Gasteiger partial charge on any atom is -0.457 e. The Kier molecular flexibility index (Phi) is 15.7. The molecule has 37 heavy (non-hydrogen) atoms. The van der Waals surface area contributed by atoms with Crippen LogP contribution in [0.5, 0.6) is 5.75 Å². The average molecular weight is 511 g/mol. The minimum absolute atomic E-state index is 0.0175. The molecule has 0 bridgehead atoms. The molecule has 0 amide bonds. The predicted octanol–water partition coefficient (Wildman–Crippen LogP) is 8.48. The topological polar surface area (TPSA) is 35.5 Å². The number of hydrogen-bond acceptors (Lipinski definition) is 3. The van der Waals surface area contributed by atoms with Crippen molar-refractivity contribution in [3.05, 3.63) is 65.7 Å². The summed E-state index contributed by atoms with van der Waals surface area (Å²) in [6.07, 6.45) is 17.0. The maximum absolute atomic E-state index is 12.2. The lowest BCUT2D eigenvalue weighted by atomic mass is 10.0. The van der Waals surface area contributed by atoms with Crippen molar-refractivity contribution in [1.29, 1.82) is 0 Å². The van der Waals surface area contributed by atoms with Crippen LogP contribution < -0.4 is 4.74 Å². The van der Waals surface area contributed by atoms with Crippen molar-refractivity contribution in [2.24, 2.45) is 0 Å². The Labute approximate surface area is 227 Å². The predicted molar refractivity (Wildman–Crippen MR) is 155 cm³/mol. The smallest absolute Gasteiger partial charge is 0.308 e. The molecule has 0 unspecified atom stereocenters. The quantitative estimate of drug-likeness (QED) is 0.0731. The summed E-state index contributed by atoms with van der Waals surface area (Å²) in [6, 6.07) is 18.6. The van der Waals surface area contributed by atoms with Crippen LogP contribution in [0.2, 0.25) is 0 Å². The van der Waals surface area contributed by atoms with Crippen LogP contribution in [0.25, 0.3) is 0 Å². The van der Waals surface area contributed by atoms with E-state index in [4.69, 9.17) is 9.47 Å². The van der Waals surface area contributed by atoms with Crippen LogP contribution in [0.4, 0.5) is 0 Å². The maximum atomic E-state index is 12.2. The van der Waals surface area contributed by atoms with Crippen molar-refractivity contribution in [3.63, 3.8) is 0 Å².